The molecule has 0 aliphatic heterocycles. The molecule has 0 amide bonds. The van der Waals surface area contributed by atoms with Crippen LogP contribution in [0.3, 0.4) is 0 Å². The lowest BCUT2D eigenvalue weighted by Gasteiger charge is -2.05. The van der Waals surface area contributed by atoms with E-state index in [4.69, 9.17) is 14.6 Å². The maximum Gasteiger partial charge on any atom is 0.280 e. The highest BCUT2D eigenvalue weighted by Crippen LogP contribution is 2.40. The number of anilines is 1. The van der Waals surface area contributed by atoms with Crippen molar-refractivity contribution >= 4 is 54.9 Å². The summed E-state index contributed by atoms with van der Waals surface area (Å²) in [7, 11) is 0. The summed E-state index contributed by atoms with van der Waals surface area (Å²) in [6.45, 7) is 0. The fourth-order valence-corrected chi connectivity index (χ4v) is 4.89. The van der Waals surface area contributed by atoms with Gasteiger partial charge in [0.15, 0.2) is 0 Å². The summed E-state index contributed by atoms with van der Waals surface area (Å²) in [5.41, 5.74) is 9.57. The smallest absolute Gasteiger partial charge is 0.280 e. The quantitative estimate of drug-likeness (QED) is 0.159. The highest BCUT2D eigenvalue weighted by atomic mass is 16.6. The monoisotopic (exact) mass is 470 g/mol. The van der Waals surface area contributed by atoms with E-state index in [2.05, 4.69) is 0 Å². The minimum atomic E-state index is -0.374. The van der Waals surface area contributed by atoms with Gasteiger partial charge in [0.2, 0.25) is 0 Å². The van der Waals surface area contributed by atoms with Gasteiger partial charge >= 0.3 is 0 Å². The molecule has 0 aliphatic carbocycles. The lowest BCUT2D eigenvalue weighted by atomic mass is 10.0. The first-order valence-corrected chi connectivity index (χ1v) is 11.5. The fraction of sp³-hybridized carbons (Fsp3) is 0. The highest BCUT2D eigenvalue weighted by molar-refractivity contribution is 6.00. The lowest BCUT2D eigenvalue weighted by molar-refractivity contribution is -0.384. The van der Waals surface area contributed by atoms with Gasteiger partial charge in [0, 0.05) is 28.1 Å². The second-order valence-electron chi connectivity index (χ2n) is 8.91. The van der Waals surface area contributed by atoms with Gasteiger partial charge in [0.25, 0.3) is 5.69 Å². The molecule has 172 valence electrons. The van der Waals surface area contributed by atoms with Crippen LogP contribution < -0.4 is 5.73 Å². The molecule has 0 bridgehead atoms. The molecule has 0 spiro atoms. The van der Waals surface area contributed by atoms with E-state index in [-0.39, 0.29) is 10.6 Å². The number of fused-ring (bicyclic) bond motifs is 4. The summed E-state index contributed by atoms with van der Waals surface area (Å²) < 4.78 is 12.3. The first kappa shape index (κ1) is 20.3. The Morgan fingerprint density at radius 2 is 1.06 bits per heavy atom. The van der Waals surface area contributed by atoms with Crippen LogP contribution in [0.5, 0.6) is 0 Å². The summed E-state index contributed by atoms with van der Waals surface area (Å²) >= 11 is 0. The standard InChI is InChI=1S/C30H18N2O4/c31-25-11-19-7-3-1-5-17(19)9-23(25)29-15-21-13-28-22(14-27(21)35-29)16-30(36-28)24-10-18-6-2-4-8-20(18)12-26(24)32(33)34/h1-16H,31H2. The fourth-order valence-electron chi connectivity index (χ4n) is 4.89. The first-order chi connectivity index (χ1) is 17.5. The molecular weight excluding hydrogens is 452 g/mol. The minimum Gasteiger partial charge on any atom is -0.456 e. The van der Waals surface area contributed by atoms with Crippen molar-refractivity contribution in [2.24, 2.45) is 0 Å². The van der Waals surface area contributed by atoms with Crippen LogP contribution in [0.1, 0.15) is 0 Å². The minimum absolute atomic E-state index is 0.00510. The number of furan rings is 2. The predicted octanol–water partition coefficient (Wildman–Crippen LogP) is 8.31. The molecule has 2 N–H and O–H groups in total. The zero-order chi connectivity index (χ0) is 24.4. The van der Waals surface area contributed by atoms with Crippen molar-refractivity contribution in [1.29, 1.82) is 0 Å². The number of nitro benzene ring substituents is 1. The molecule has 6 nitrogen and oxygen atoms in total. The van der Waals surface area contributed by atoms with E-state index in [9.17, 15) is 10.1 Å². The van der Waals surface area contributed by atoms with E-state index in [1.807, 2.05) is 84.9 Å². The Kier molecular flexibility index (Phi) is 4.20. The molecule has 0 saturated heterocycles. The number of hydrogen-bond acceptors (Lipinski definition) is 5. The Hall–Kier alpha value is -5.10. The molecule has 6 heteroatoms. The molecule has 0 saturated carbocycles. The predicted molar refractivity (Wildman–Crippen MR) is 143 cm³/mol. The van der Waals surface area contributed by atoms with Crippen LogP contribution in [0.25, 0.3) is 66.1 Å². The Labute approximate surface area is 204 Å². The summed E-state index contributed by atoms with van der Waals surface area (Å²) in [5, 5.41) is 17.4. The van der Waals surface area contributed by atoms with Crippen molar-refractivity contribution in [3.05, 3.63) is 107 Å². The van der Waals surface area contributed by atoms with E-state index < -0.39 is 0 Å². The molecule has 0 fully saturated rings. The number of nitrogen functional groups attached to an aromatic ring is 1. The summed E-state index contributed by atoms with van der Waals surface area (Å²) in [6, 6.07) is 30.5. The average molecular weight is 470 g/mol. The molecular formula is C30H18N2O4. The van der Waals surface area contributed by atoms with Gasteiger partial charge in [0.1, 0.15) is 22.7 Å². The van der Waals surface area contributed by atoms with Crippen molar-refractivity contribution in [1.82, 2.24) is 0 Å². The van der Waals surface area contributed by atoms with Gasteiger partial charge in [-0.05, 0) is 64.0 Å². The van der Waals surface area contributed by atoms with Crippen LogP contribution in [-0.4, -0.2) is 4.92 Å². The van der Waals surface area contributed by atoms with Crippen molar-refractivity contribution in [2.75, 3.05) is 5.73 Å². The average Bonchev–Trinajstić information content (AvgIpc) is 3.49. The van der Waals surface area contributed by atoms with Gasteiger partial charge in [-0.1, -0.05) is 48.5 Å². The van der Waals surface area contributed by atoms with E-state index in [0.717, 1.165) is 37.9 Å². The molecule has 0 unspecified atom stereocenters. The van der Waals surface area contributed by atoms with Gasteiger partial charge in [0.05, 0.1) is 10.5 Å². The van der Waals surface area contributed by atoms with Gasteiger partial charge in [-0.15, -0.1) is 0 Å². The number of nitrogens with zero attached hydrogens (tertiary/aromatic N) is 1. The molecule has 7 rings (SSSR count). The number of hydrogen-bond donors (Lipinski definition) is 1. The van der Waals surface area contributed by atoms with Crippen molar-refractivity contribution in [2.45, 2.75) is 0 Å². The SMILES string of the molecule is Nc1cc2ccccc2cc1-c1cc2cc3oc(-c4cc5ccccc5cc4[N+](=O)[O-])cc3cc2o1. The van der Waals surface area contributed by atoms with Gasteiger partial charge < -0.3 is 14.6 Å². The maximum atomic E-state index is 11.8. The molecule has 2 heterocycles. The van der Waals surface area contributed by atoms with E-state index >= 15 is 0 Å². The molecule has 5 aromatic carbocycles. The first-order valence-electron chi connectivity index (χ1n) is 11.5. The molecule has 0 aliphatic rings. The normalized spacial score (nSPS) is 11.7. The Balaban J connectivity index is 1.36. The van der Waals surface area contributed by atoms with E-state index in [0.29, 0.717) is 33.9 Å². The third-order valence-electron chi connectivity index (χ3n) is 6.66. The van der Waals surface area contributed by atoms with Crippen LogP contribution in [0.2, 0.25) is 0 Å². The third kappa shape index (κ3) is 3.12. The summed E-state index contributed by atoms with van der Waals surface area (Å²) in [4.78, 5) is 11.4. The second kappa shape index (κ2) is 7.45. The summed E-state index contributed by atoms with van der Waals surface area (Å²) in [6.07, 6.45) is 0. The molecule has 36 heavy (non-hydrogen) atoms. The Bertz CT molecular complexity index is 1950. The van der Waals surface area contributed by atoms with Gasteiger partial charge in [-0.2, -0.15) is 0 Å². The van der Waals surface area contributed by atoms with Gasteiger partial charge in [-0.25, -0.2) is 0 Å². The zero-order valence-electron chi connectivity index (χ0n) is 18.9. The topological polar surface area (TPSA) is 95.4 Å². The molecule has 0 atom stereocenters. The van der Waals surface area contributed by atoms with Crippen LogP contribution in [0, 0.1) is 10.1 Å². The van der Waals surface area contributed by atoms with E-state index in [1.165, 1.54) is 0 Å². The van der Waals surface area contributed by atoms with Crippen LogP contribution in [-0.2, 0) is 0 Å². The second-order valence-corrected chi connectivity index (χ2v) is 8.91. The molecule has 7 aromatic rings. The zero-order valence-corrected chi connectivity index (χ0v) is 18.9. The van der Waals surface area contributed by atoms with Crippen molar-refractivity contribution < 1.29 is 13.8 Å². The Morgan fingerprint density at radius 1 is 0.583 bits per heavy atom. The molecule has 2 aromatic heterocycles. The largest absolute Gasteiger partial charge is 0.456 e. The van der Waals surface area contributed by atoms with Crippen molar-refractivity contribution in [3.8, 4) is 22.6 Å². The van der Waals surface area contributed by atoms with E-state index in [1.54, 1.807) is 12.1 Å². The molecule has 0 radical (unpaired) electrons. The van der Waals surface area contributed by atoms with Crippen LogP contribution >= 0.6 is 0 Å². The number of nitro groups is 1. The summed E-state index contributed by atoms with van der Waals surface area (Å²) in [5.74, 6) is 1.11. The number of rotatable bonds is 3. The lowest BCUT2D eigenvalue weighted by Crippen LogP contribution is -1.91. The third-order valence-corrected chi connectivity index (χ3v) is 6.66. The Morgan fingerprint density at radius 3 is 1.61 bits per heavy atom. The maximum absolute atomic E-state index is 11.8. The van der Waals surface area contributed by atoms with Crippen LogP contribution in [0.15, 0.2) is 106 Å². The van der Waals surface area contributed by atoms with Crippen molar-refractivity contribution in [3.63, 3.8) is 0 Å². The highest BCUT2D eigenvalue weighted by Gasteiger charge is 2.21. The van der Waals surface area contributed by atoms with Crippen LogP contribution in [0.4, 0.5) is 11.4 Å². The number of nitrogens with two attached hydrogens (primary N) is 1. The number of benzene rings is 5. The van der Waals surface area contributed by atoms with Gasteiger partial charge in [-0.3, -0.25) is 10.1 Å².